The molecule has 1 aromatic heterocycles. The number of aromatic nitrogens is 2. The zero-order valence-corrected chi connectivity index (χ0v) is 12.9. The fourth-order valence-electron chi connectivity index (χ4n) is 3.23. The van der Waals surface area contributed by atoms with Crippen molar-refractivity contribution in [3.63, 3.8) is 0 Å². The van der Waals surface area contributed by atoms with E-state index in [0.717, 1.165) is 18.4 Å². The van der Waals surface area contributed by atoms with Gasteiger partial charge in [-0.1, -0.05) is 12.1 Å². The Bertz CT molecular complexity index is 820. The zero-order chi connectivity index (χ0) is 16.6. The lowest BCUT2D eigenvalue weighted by atomic mass is 10.0. The number of fused-ring (bicyclic) bond motifs is 1. The van der Waals surface area contributed by atoms with Crippen molar-refractivity contribution in [2.45, 2.75) is 31.8 Å². The number of aliphatic carboxylic acids is 1. The third-order valence-electron chi connectivity index (χ3n) is 4.45. The number of hydrogen-bond donors (Lipinski definition) is 1. The van der Waals surface area contributed by atoms with Crippen molar-refractivity contribution in [3.05, 3.63) is 34.7 Å². The fourth-order valence-corrected chi connectivity index (χ4v) is 3.23. The van der Waals surface area contributed by atoms with Gasteiger partial charge in [0.25, 0.3) is 0 Å². The summed E-state index contributed by atoms with van der Waals surface area (Å²) in [6, 6.07) is 6.46. The van der Waals surface area contributed by atoms with Crippen molar-refractivity contribution in [1.82, 2.24) is 14.0 Å². The molecule has 1 aliphatic heterocycles. The number of nitrogens with zero attached hydrogens (tertiary/aromatic N) is 3. The lowest BCUT2D eigenvalue weighted by Gasteiger charge is -2.33. The first-order chi connectivity index (χ1) is 11.0. The van der Waals surface area contributed by atoms with Crippen LogP contribution in [0.1, 0.15) is 19.3 Å². The van der Waals surface area contributed by atoms with Gasteiger partial charge in [-0.3, -0.25) is 13.9 Å². The van der Waals surface area contributed by atoms with E-state index in [1.165, 1.54) is 14.0 Å². The third-order valence-corrected chi connectivity index (χ3v) is 4.45. The van der Waals surface area contributed by atoms with E-state index in [-0.39, 0.29) is 18.1 Å². The normalized spacial score (nSPS) is 18.3. The molecule has 7 heteroatoms. The van der Waals surface area contributed by atoms with E-state index in [0.29, 0.717) is 18.5 Å². The number of likely N-dealkylation sites (tertiary alicyclic amines) is 1. The van der Waals surface area contributed by atoms with Crippen LogP contribution in [0.5, 0.6) is 0 Å². The Morgan fingerprint density at radius 3 is 2.61 bits per heavy atom. The van der Waals surface area contributed by atoms with Crippen LogP contribution in [-0.4, -0.2) is 43.6 Å². The van der Waals surface area contributed by atoms with Gasteiger partial charge in [0.15, 0.2) is 0 Å². The number of carbonyl (C=O) groups is 2. The molecule has 1 amide bonds. The number of amides is 1. The van der Waals surface area contributed by atoms with Gasteiger partial charge in [-0.05, 0) is 31.4 Å². The Morgan fingerprint density at radius 2 is 1.91 bits per heavy atom. The minimum absolute atomic E-state index is 0.135. The highest BCUT2D eigenvalue weighted by Crippen LogP contribution is 2.18. The van der Waals surface area contributed by atoms with Gasteiger partial charge < -0.3 is 10.0 Å². The van der Waals surface area contributed by atoms with E-state index in [1.54, 1.807) is 13.1 Å². The summed E-state index contributed by atoms with van der Waals surface area (Å²) >= 11 is 0. The SMILES string of the molecule is Cn1c(=O)n(CC(=O)N2CCCC[C@@H]2C(=O)O)c2ccccc21. The third kappa shape index (κ3) is 2.62. The minimum Gasteiger partial charge on any atom is -0.480 e. The second-order valence-electron chi connectivity index (χ2n) is 5.85. The summed E-state index contributed by atoms with van der Waals surface area (Å²) in [4.78, 5) is 37.7. The Labute approximate surface area is 132 Å². The van der Waals surface area contributed by atoms with Crippen molar-refractivity contribution in [1.29, 1.82) is 0 Å². The summed E-state index contributed by atoms with van der Waals surface area (Å²) in [5.74, 6) is -1.31. The smallest absolute Gasteiger partial charge is 0.329 e. The predicted octanol–water partition coefficient (Wildman–Crippen LogP) is 0.806. The number of benzene rings is 1. The van der Waals surface area contributed by atoms with E-state index in [9.17, 15) is 19.5 Å². The summed E-state index contributed by atoms with van der Waals surface area (Å²) in [6.07, 6.45) is 2.06. The number of rotatable bonds is 3. The molecule has 7 nitrogen and oxygen atoms in total. The number of hydrogen-bond acceptors (Lipinski definition) is 3. The van der Waals surface area contributed by atoms with E-state index >= 15 is 0 Å². The molecule has 2 aromatic rings. The molecular weight excluding hydrogens is 298 g/mol. The first-order valence-corrected chi connectivity index (χ1v) is 7.67. The van der Waals surface area contributed by atoms with Gasteiger partial charge in [-0.2, -0.15) is 0 Å². The fraction of sp³-hybridized carbons (Fsp3) is 0.438. The average molecular weight is 317 g/mol. The first kappa shape index (κ1) is 15.3. The number of carboxylic acid groups (broad SMARTS) is 1. The molecule has 0 radical (unpaired) electrons. The molecule has 122 valence electrons. The van der Waals surface area contributed by atoms with E-state index in [1.807, 2.05) is 18.2 Å². The van der Waals surface area contributed by atoms with Crippen LogP contribution >= 0.6 is 0 Å². The van der Waals surface area contributed by atoms with Crippen molar-refractivity contribution in [2.75, 3.05) is 6.54 Å². The Kier molecular flexibility index (Phi) is 3.94. The number of imidazole rings is 1. The molecule has 1 aromatic carbocycles. The highest BCUT2D eigenvalue weighted by molar-refractivity contribution is 5.85. The van der Waals surface area contributed by atoms with E-state index in [4.69, 9.17) is 0 Å². The summed E-state index contributed by atoms with van der Waals surface area (Å²) in [7, 11) is 1.66. The lowest BCUT2D eigenvalue weighted by molar-refractivity contribution is -0.152. The van der Waals surface area contributed by atoms with Gasteiger partial charge in [0.1, 0.15) is 12.6 Å². The number of carbonyl (C=O) groups excluding carboxylic acids is 1. The maximum absolute atomic E-state index is 12.6. The quantitative estimate of drug-likeness (QED) is 0.908. The Morgan fingerprint density at radius 1 is 1.22 bits per heavy atom. The molecule has 1 aliphatic rings. The van der Waals surface area contributed by atoms with Gasteiger partial charge >= 0.3 is 11.7 Å². The summed E-state index contributed by atoms with van der Waals surface area (Å²) in [5.41, 5.74) is 1.15. The minimum atomic E-state index is -0.983. The topological polar surface area (TPSA) is 84.5 Å². The van der Waals surface area contributed by atoms with Gasteiger partial charge in [0.05, 0.1) is 11.0 Å². The standard InChI is InChI=1S/C16H19N3O4/c1-17-11-6-2-3-7-12(11)19(16(17)23)10-14(20)18-9-5-4-8-13(18)15(21)22/h2-3,6-7,13H,4-5,8-10H2,1H3,(H,21,22)/t13-/m1/s1. The second kappa shape index (κ2) is 5.91. The van der Waals surface area contributed by atoms with Crippen LogP contribution in [0, 0.1) is 0 Å². The number of piperidine rings is 1. The second-order valence-corrected chi connectivity index (χ2v) is 5.85. The molecule has 1 fully saturated rings. The maximum Gasteiger partial charge on any atom is 0.329 e. The molecule has 1 atom stereocenters. The van der Waals surface area contributed by atoms with Crippen LogP contribution in [0.25, 0.3) is 11.0 Å². The van der Waals surface area contributed by atoms with Crippen molar-refractivity contribution in [3.8, 4) is 0 Å². The average Bonchev–Trinajstić information content (AvgIpc) is 2.80. The lowest BCUT2D eigenvalue weighted by Crippen LogP contribution is -2.49. The van der Waals surface area contributed by atoms with Gasteiger partial charge in [0.2, 0.25) is 5.91 Å². The molecule has 0 aliphatic carbocycles. The molecule has 2 heterocycles. The molecule has 0 spiro atoms. The van der Waals surface area contributed by atoms with Crippen LogP contribution in [-0.2, 0) is 23.2 Å². The number of para-hydroxylation sites is 2. The number of carboxylic acids is 1. The monoisotopic (exact) mass is 317 g/mol. The largest absolute Gasteiger partial charge is 0.480 e. The first-order valence-electron chi connectivity index (χ1n) is 7.67. The van der Waals surface area contributed by atoms with Crippen molar-refractivity contribution >= 4 is 22.9 Å². The molecule has 0 unspecified atom stereocenters. The highest BCUT2D eigenvalue weighted by Gasteiger charge is 2.32. The maximum atomic E-state index is 12.6. The summed E-state index contributed by atoms with van der Waals surface area (Å²) in [5, 5.41) is 9.29. The van der Waals surface area contributed by atoms with Crippen LogP contribution in [0.2, 0.25) is 0 Å². The molecule has 23 heavy (non-hydrogen) atoms. The molecule has 3 rings (SSSR count). The molecular formula is C16H19N3O4. The molecule has 1 N–H and O–H groups in total. The van der Waals surface area contributed by atoms with E-state index < -0.39 is 12.0 Å². The molecule has 1 saturated heterocycles. The van der Waals surface area contributed by atoms with Crippen LogP contribution < -0.4 is 5.69 Å². The van der Waals surface area contributed by atoms with E-state index in [2.05, 4.69) is 0 Å². The zero-order valence-electron chi connectivity index (χ0n) is 12.9. The summed E-state index contributed by atoms with van der Waals surface area (Å²) in [6.45, 7) is 0.291. The highest BCUT2D eigenvalue weighted by atomic mass is 16.4. The predicted molar refractivity (Wildman–Crippen MR) is 84.2 cm³/mol. The number of aryl methyl sites for hydroxylation is 1. The van der Waals surface area contributed by atoms with Crippen LogP contribution in [0.4, 0.5) is 0 Å². The molecule has 0 saturated carbocycles. The van der Waals surface area contributed by atoms with Crippen molar-refractivity contribution < 1.29 is 14.7 Å². The van der Waals surface area contributed by atoms with Crippen LogP contribution in [0.15, 0.2) is 29.1 Å². The Balaban J connectivity index is 1.93. The Hall–Kier alpha value is -2.57. The van der Waals surface area contributed by atoms with Crippen molar-refractivity contribution in [2.24, 2.45) is 7.05 Å². The molecule has 0 bridgehead atoms. The van der Waals surface area contributed by atoms with Gasteiger partial charge in [-0.15, -0.1) is 0 Å². The van der Waals surface area contributed by atoms with Crippen LogP contribution in [0.3, 0.4) is 0 Å². The van der Waals surface area contributed by atoms with Gasteiger partial charge in [0, 0.05) is 13.6 Å². The summed E-state index contributed by atoms with van der Waals surface area (Å²) < 4.78 is 2.90. The van der Waals surface area contributed by atoms with Gasteiger partial charge in [-0.25, -0.2) is 9.59 Å².